The molecular weight excluding hydrogens is 400 g/mol. The Labute approximate surface area is 182 Å². The number of carbonyl (C=O) groups excluding carboxylic acids is 3. The number of methoxy groups -OCH3 is 2. The Bertz CT molecular complexity index is 832. The van der Waals surface area contributed by atoms with Crippen LogP contribution >= 0.6 is 0 Å². The van der Waals surface area contributed by atoms with Gasteiger partial charge in [0.15, 0.2) is 6.61 Å². The van der Waals surface area contributed by atoms with E-state index in [4.69, 9.17) is 14.2 Å². The standard InChI is InChI=1S/C23H30N2O6/c1-29-17-3-4-19(30-2)18(8-17)25-20(26)13-31-21(27)12-24-22(28)23-9-14-5-15(10-23)7-16(6-14)11-23/h3-4,8,14-16H,5-7,9-13H2,1-2H3,(H,24,28)(H,25,26). The average Bonchev–Trinajstić information content (AvgIpc) is 2.75. The number of benzene rings is 1. The Morgan fingerprint density at radius 2 is 1.65 bits per heavy atom. The lowest BCUT2D eigenvalue weighted by Gasteiger charge is -2.55. The highest BCUT2D eigenvalue weighted by atomic mass is 16.5. The highest BCUT2D eigenvalue weighted by molar-refractivity contribution is 5.94. The number of rotatable bonds is 8. The van der Waals surface area contributed by atoms with Crippen LogP contribution in [0.5, 0.6) is 11.5 Å². The van der Waals surface area contributed by atoms with Gasteiger partial charge in [-0.1, -0.05) is 0 Å². The molecule has 2 amide bonds. The number of carbonyl (C=O) groups is 3. The van der Waals surface area contributed by atoms with Crippen molar-refractivity contribution < 1.29 is 28.6 Å². The highest BCUT2D eigenvalue weighted by Crippen LogP contribution is 2.60. The van der Waals surface area contributed by atoms with E-state index < -0.39 is 18.5 Å². The first-order valence-corrected chi connectivity index (χ1v) is 10.9. The number of hydrogen-bond acceptors (Lipinski definition) is 6. The number of ether oxygens (including phenoxy) is 3. The number of nitrogens with one attached hydrogen (secondary N) is 2. The summed E-state index contributed by atoms with van der Waals surface area (Å²) in [5, 5.41) is 5.40. The Morgan fingerprint density at radius 3 is 2.23 bits per heavy atom. The summed E-state index contributed by atoms with van der Waals surface area (Å²) in [5.74, 6) is 1.81. The van der Waals surface area contributed by atoms with Crippen molar-refractivity contribution in [2.24, 2.45) is 23.2 Å². The fourth-order valence-electron chi connectivity index (χ4n) is 6.02. The largest absolute Gasteiger partial charge is 0.497 e. The van der Waals surface area contributed by atoms with E-state index in [2.05, 4.69) is 10.6 Å². The van der Waals surface area contributed by atoms with Crippen LogP contribution in [0.2, 0.25) is 0 Å². The Balaban J connectivity index is 1.24. The summed E-state index contributed by atoms with van der Waals surface area (Å²) < 4.78 is 15.4. The zero-order valence-corrected chi connectivity index (χ0v) is 18.1. The summed E-state index contributed by atoms with van der Waals surface area (Å²) in [7, 11) is 3.01. The van der Waals surface area contributed by atoms with Crippen LogP contribution in [0.4, 0.5) is 5.69 Å². The third-order valence-electron chi connectivity index (χ3n) is 6.96. The van der Waals surface area contributed by atoms with Gasteiger partial charge in [-0.25, -0.2) is 0 Å². The molecule has 4 aliphatic carbocycles. The van der Waals surface area contributed by atoms with Crippen molar-refractivity contribution in [1.29, 1.82) is 0 Å². The summed E-state index contributed by atoms with van der Waals surface area (Å²) in [4.78, 5) is 37.2. The van der Waals surface area contributed by atoms with E-state index in [1.807, 2.05) is 0 Å². The lowest BCUT2D eigenvalue weighted by Crippen LogP contribution is -2.54. The fraction of sp³-hybridized carbons (Fsp3) is 0.609. The van der Waals surface area contributed by atoms with Crippen molar-refractivity contribution in [3.63, 3.8) is 0 Å². The van der Waals surface area contributed by atoms with Crippen LogP contribution in [0.15, 0.2) is 18.2 Å². The van der Waals surface area contributed by atoms with Crippen molar-refractivity contribution in [3.8, 4) is 11.5 Å². The first-order valence-electron chi connectivity index (χ1n) is 10.9. The van der Waals surface area contributed by atoms with E-state index in [-0.39, 0.29) is 17.9 Å². The third-order valence-corrected chi connectivity index (χ3v) is 6.96. The minimum atomic E-state index is -0.633. The molecule has 0 spiro atoms. The summed E-state index contributed by atoms with van der Waals surface area (Å²) in [6, 6.07) is 4.99. The second kappa shape index (κ2) is 8.77. The van der Waals surface area contributed by atoms with Gasteiger partial charge in [0, 0.05) is 11.5 Å². The molecule has 5 rings (SSSR count). The summed E-state index contributed by atoms with van der Waals surface area (Å²) in [6.45, 7) is -0.678. The van der Waals surface area contributed by atoms with E-state index in [0.717, 1.165) is 19.3 Å². The predicted octanol–water partition coefficient (Wildman–Crippen LogP) is 2.52. The molecular formula is C23H30N2O6. The molecule has 4 aliphatic rings. The molecule has 8 heteroatoms. The van der Waals surface area contributed by atoms with Crippen molar-refractivity contribution >= 4 is 23.5 Å². The Morgan fingerprint density at radius 1 is 1.00 bits per heavy atom. The lowest BCUT2D eigenvalue weighted by atomic mass is 9.49. The van der Waals surface area contributed by atoms with Gasteiger partial charge in [0.2, 0.25) is 5.91 Å². The SMILES string of the molecule is COc1ccc(OC)c(NC(=O)COC(=O)CNC(=O)C23CC4CC(CC(C4)C2)C3)c1. The van der Waals surface area contributed by atoms with Crippen molar-refractivity contribution in [2.45, 2.75) is 38.5 Å². The van der Waals surface area contributed by atoms with Crippen LogP contribution in [0.3, 0.4) is 0 Å². The zero-order valence-electron chi connectivity index (χ0n) is 18.1. The van der Waals surface area contributed by atoms with E-state index in [9.17, 15) is 14.4 Å². The van der Waals surface area contributed by atoms with Crippen LogP contribution in [-0.2, 0) is 19.1 Å². The van der Waals surface area contributed by atoms with Gasteiger partial charge >= 0.3 is 5.97 Å². The molecule has 0 atom stereocenters. The Kier molecular flexibility index (Phi) is 6.07. The molecule has 1 aromatic rings. The van der Waals surface area contributed by atoms with Gasteiger partial charge in [-0.2, -0.15) is 0 Å². The van der Waals surface area contributed by atoms with Gasteiger partial charge in [-0.05, 0) is 68.4 Å². The highest BCUT2D eigenvalue weighted by Gasteiger charge is 2.54. The number of amides is 2. The third kappa shape index (κ3) is 4.62. The van der Waals surface area contributed by atoms with Gasteiger partial charge in [-0.3, -0.25) is 14.4 Å². The minimum absolute atomic E-state index is 0.0332. The number of anilines is 1. The maximum atomic E-state index is 12.9. The second-order valence-electron chi connectivity index (χ2n) is 9.16. The smallest absolute Gasteiger partial charge is 0.325 e. The van der Waals surface area contributed by atoms with Gasteiger partial charge in [0.05, 0.1) is 19.9 Å². The first kappa shape index (κ1) is 21.5. The van der Waals surface area contributed by atoms with E-state index >= 15 is 0 Å². The molecule has 2 N–H and O–H groups in total. The van der Waals surface area contributed by atoms with Crippen LogP contribution in [0.1, 0.15) is 38.5 Å². The van der Waals surface area contributed by atoms with Gasteiger partial charge in [-0.15, -0.1) is 0 Å². The van der Waals surface area contributed by atoms with E-state index in [1.54, 1.807) is 18.2 Å². The van der Waals surface area contributed by atoms with Crippen molar-refractivity contribution in [3.05, 3.63) is 18.2 Å². The molecule has 0 aromatic heterocycles. The normalized spacial score (nSPS) is 28.0. The molecule has 1 aromatic carbocycles. The van der Waals surface area contributed by atoms with E-state index in [0.29, 0.717) is 34.9 Å². The molecule has 8 nitrogen and oxygen atoms in total. The van der Waals surface area contributed by atoms with Crippen molar-refractivity contribution in [1.82, 2.24) is 5.32 Å². The van der Waals surface area contributed by atoms with Gasteiger partial charge in [0.1, 0.15) is 18.0 Å². The van der Waals surface area contributed by atoms with Crippen molar-refractivity contribution in [2.75, 3.05) is 32.7 Å². The molecule has 168 valence electrons. The maximum absolute atomic E-state index is 12.9. The molecule has 0 heterocycles. The van der Waals surface area contributed by atoms with Crippen LogP contribution < -0.4 is 20.1 Å². The summed E-state index contributed by atoms with van der Waals surface area (Å²) in [5.41, 5.74) is 0.105. The van der Waals surface area contributed by atoms with Crippen LogP contribution in [0, 0.1) is 23.2 Å². The molecule has 31 heavy (non-hydrogen) atoms. The molecule has 4 fully saturated rings. The molecule has 0 unspecified atom stereocenters. The topological polar surface area (TPSA) is 103 Å². The molecule has 0 saturated heterocycles. The lowest BCUT2D eigenvalue weighted by molar-refractivity contribution is -0.152. The minimum Gasteiger partial charge on any atom is -0.497 e. The predicted molar refractivity (Wildman–Crippen MR) is 113 cm³/mol. The maximum Gasteiger partial charge on any atom is 0.325 e. The van der Waals surface area contributed by atoms with Gasteiger partial charge in [0.25, 0.3) is 5.91 Å². The van der Waals surface area contributed by atoms with Crippen LogP contribution in [0.25, 0.3) is 0 Å². The summed E-state index contributed by atoms with van der Waals surface area (Å²) >= 11 is 0. The summed E-state index contributed by atoms with van der Waals surface area (Å²) in [6.07, 6.45) is 6.56. The monoisotopic (exact) mass is 430 g/mol. The average molecular weight is 431 g/mol. The number of esters is 1. The second-order valence-corrected chi connectivity index (χ2v) is 9.16. The molecule has 0 aliphatic heterocycles. The Hall–Kier alpha value is -2.77. The fourth-order valence-corrected chi connectivity index (χ4v) is 6.02. The van der Waals surface area contributed by atoms with Crippen LogP contribution in [-0.4, -0.2) is 45.2 Å². The molecule has 0 radical (unpaired) electrons. The van der Waals surface area contributed by atoms with E-state index in [1.165, 1.54) is 33.5 Å². The first-order chi connectivity index (χ1) is 14.9. The quantitative estimate of drug-likeness (QED) is 0.615. The molecule has 4 bridgehead atoms. The van der Waals surface area contributed by atoms with Gasteiger partial charge < -0.3 is 24.8 Å². The zero-order chi connectivity index (χ0) is 22.0. The number of hydrogen-bond donors (Lipinski definition) is 2. The molecule has 4 saturated carbocycles.